The summed E-state index contributed by atoms with van der Waals surface area (Å²) in [6, 6.07) is 13.6. The van der Waals surface area contributed by atoms with Crippen LogP contribution < -0.4 is 14.8 Å². The van der Waals surface area contributed by atoms with E-state index in [1.165, 1.54) is 0 Å². The summed E-state index contributed by atoms with van der Waals surface area (Å²) in [5.74, 6) is 2.70. The summed E-state index contributed by atoms with van der Waals surface area (Å²) in [5.41, 5.74) is 2.43. The molecule has 1 unspecified atom stereocenters. The molecule has 146 valence electrons. The Balaban J connectivity index is 1.37. The Kier molecular flexibility index (Phi) is 4.61. The molecule has 8 heteroatoms. The predicted molar refractivity (Wildman–Crippen MR) is 110 cm³/mol. The third-order valence-electron chi connectivity index (χ3n) is 4.49. The van der Waals surface area contributed by atoms with E-state index in [9.17, 15) is 0 Å². The number of hydrogen-bond donors (Lipinski definition) is 1. The monoisotopic (exact) mass is 406 g/mol. The van der Waals surface area contributed by atoms with E-state index in [1.807, 2.05) is 54.8 Å². The van der Waals surface area contributed by atoms with Crippen molar-refractivity contribution in [2.24, 2.45) is 0 Å². The van der Waals surface area contributed by atoms with E-state index < -0.39 is 0 Å². The van der Waals surface area contributed by atoms with Gasteiger partial charge in [0, 0.05) is 12.3 Å². The molecule has 5 rings (SSSR count). The van der Waals surface area contributed by atoms with Crippen LogP contribution in [0.4, 0.5) is 5.95 Å². The highest BCUT2D eigenvalue weighted by Crippen LogP contribution is 2.34. The normalized spacial score (nSPS) is 15.3. The highest BCUT2D eigenvalue weighted by Gasteiger charge is 2.21. The van der Waals surface area contributed by atoms with Crippen LogP contribution in [0.5, 0.6) is 11.5 Å². The van der Waals surface area contributed by atoms with Crippen LogP contribution >= 0.6 is 11.3 Å². The minimum Gasteiger partial charge on any atom is -0.486 e. The summed E-state index contributed by atoms with van der Waals surface area (Å²) in [6.07, 6.45) is 1.63. The first-order valence-corrected chi connectivity index (χ1v) is 10.1. The number of aromatic nitrogens is 3. The first kappa shape index (κ1) is 17.7. The van der Waals surface area contributed by atoms with Gasteiger partial charge in [-0.2, -0.15) is 0 Å². The van der Waals surface area contributed by atoms with E-state index >= 15 is 0 Å². The topological polar surface area (TPSA) is 82.3 Å². The summed E-state index contributed by atoms with van der Waals surface area (Å²) in [7, 11) is 0. The number of anilines is 1. The molecule has 1 aliphatic rings. The highest BCUT2D eigenvalue weighted by atomic mass is 32.1. The molecule has 0 saturated carbocycles. The molecule has 3 aromatic heterocycles. The van der Waals surface area contributed by atoms with Crippen molar-refractivity contribution >= 4 is 17.3 Å². The summed E-state index contributed by atoms with van der Waals surface area (Å²) >= 11 is 1.61. The fourth-order valence-corrected chi connectivity index (χ4v) is 3.84. The molecule has 4 heterocycles. The number of rotatable bonds is 5. The SMILES string of the molecule is Cc1cc(-c2cnc(NCC3COc4ccccc4O3)nc2-c2cccs2)on1. The van der Waals surface area contributed by atoms with Gasteiger partial charge in [-0.25, -0.2) is 9.97 Å². The van der Waals surface area contributed by atoms with Crippen LogP contribution in [0.3, 0.4) is 0 Å². The molecule has 0 bridgehead atoms. The molecule has 29 heavy (non-hydrogen) atoms. The second-order valence-corrected chi connectivity index (χ2v) is 7.59. The Labute approximate surface area is 171 Å². The van der Waals surface area contributed by atoms with Gasteiger partial charge >= 0.3 is 0 Å². The molecular formula is C21H18N4O3S. The first-order valence-electron chi connectivity index (χ1n) is 9.23. The van der Waals surface area contributed by atoms with E-state index in [-0.39, 0.29) is 6.10 Å². The van der Waals surface area contributed by atoms with Gasteiger partial charge in [-0.15, -0.1) is 11.3 Å². The lowest BCUT2D eigenvalue weighted by atomic mass is 10.1. The molecule has 1 aliphatic heterocycles. The van der Waals surface area contributed by atoms with Gasteiger partial charge in [0.1, 0.15) is 12.7 Å². The van der Waals surface area contributed by atoms with Crippen molar-refractivity contribution < 1.29 is 14.0 Å². The number of thiophene rings is 1. The highest BCUT2D eigenvalue weighted by molar-refractivity contribution is 7.13. The molecule has 1 aromatic carbocycles. The molecule has 0 aliphatic carbocycles. The smallest absolute Gasteiger partial charge is 0.223 e. The predicted octanol–water partition coefficient (Wildman–Crippen LogP) is 4.42. The molecule has 1 N–H and O–H groups in total. The van der Waals surface area contributed by atoms with Crippen LogP contribution in [0.15, 0.2) is 58.6 Å². The van der Waals surface area contributed by atoms with E-state index in [0.29, 0.717) is 24.9 Å². The molecule has 4 aromatic rings. The Morgan fingerprint density at radius 3 is 2.86 bits per heavy atom. The van der Waals surface area contributed by atoms with Gasteiger partial charge in [0.15, 0.2) is 17.3 Å². The summed E-state index contributed by atoms with van der Waals surface area (Å²) in [4.78, 5) is 10.2. The Bertz CT molecular complexity index is 1130. The molecule has 0 fully saturated rings. The van der Waals surface area contributed by atoms with Crippen molar-refractivity contribution in [1.29, 1.82) is 0 Å². The average molecular weight is 406 g/mol. The van der Waals surface area contributed by atoms with Crippen molar-refractivity contribution in [2.45, 2.75) is 13.0 Å². The van der Waals surface area contributed by atoms with Gasteiger partial charge in [-0.1, -0.05) is 23.4 Å². The first-order chi connectivity index (χ1) is 14.3. The van der Waals surface area contributed by atoms with E-state index in [0.717, 1.165) is 33.3 Å². The van der Waals surface area contributed by atoms with Gasteiger partial charge in [0.2, 0.25) is 5.95 Å². The van der Waals surface area contributed by atoms with Gasteiger partial charge in [0.25, 0.3) is 0 Å². The van der Waals surface area contributed by atoms with Crippen molar-refractivity contribution in [3.63, 3.8) is 0 Å². The Morgan fingerprint density at radius 1 is 1.17 bits per heavy atom. The van der Waals surface area contributed by atoms with E-state index in [4.69, 9.17) is 19.0 Å². The van der Waals surface area contributed by atoms with Crippen molar-refractivity contribution in [2.75, 3.05) is 18.5 Å². The standard InChI is InChI=1S/C21H18N4O3S/c1-13-9-18(28-25-13)15-11-23-21(24-20(15)19-7-4-8-29-19)22-10-14-12-26-16-5-2-3-6-17(16)27-14/h2-9,11,14H,10,12H2,1H3,(H,22,23,24). The number of nitrogens with one attached hydrogen (secondary N) is 1. The average Bonchev–Trinajstić information content (AvgIpc) is 3.44. The van der Waals surface area contributed by atoms with Crippen molar-refractivity contribution in [3.8, 4) is 33.4 Å². The zero-order valence-corrected chi connectivity index (χ0v) is 16.5. The number of hydrogen-bond acceptors (Lipinski definition) is 8. The zero-order chi connectivity index (χ0) is 19.6. The third kappa shape index (κ3) is 3.66. The maximum absolute atomic E-state index is 5.99. The quantitative estimate of drug-likeness (QED) is 0.525. The van der Waals surface area contributed by atoms with Gasteiger partial charge < -0.3 is 19.3 Å². The number of para-hydroxylation sites is 2. The van der Waals surface area contributed by atoms with Crippen LogP contribution in [0.2, 0.25) is 0 Å². The number of aryl methyl sites for hydroxylation is 1. The number of nitrogens with zero attached hydrogens (tertiary/aromatic N) is 3. The van der Waals surface area contributed by atoms with Crippen LogP contribution in [-0.4, -0.2) is 34.4 Å². The minimum absolute atomic E-state index is 0.129. The van der Waals surface area contributed by atoms with Crippen molar-refractivity contribution in [3.05, 3.63) is 59.7 Å². The third-order valence-corrected chi connectivity index (χ3v) is 5.37. The minimum atomic E-state index is -0.129. The summed E-state index contributed by atoms with van der Waals surface area (Å²) in [5, 5.41) is 9.26. The molecular weight excluding hydrogens is 388 g/mol. The van der Waals surface area contributed by atoms with E-state index in [1.54, 1.807) is 17.5 Å². The van der Waals surface area contributed by atoms with Crippen molar-refractivity contribution in [1.82, 2.24) is 15.1 Å². The molecule has 0 amide bonds. The van der Waals surface area contributed by atoms with Gasteiger partial charge in [0.05, 0.1) is 28.4 Å². The molecule has 7 nitrogen and oxygen atoms in total. The zero-order valence-electron chi connectivity index (χ0n) is 15.7. The van der Waals surface area contributed by atoms with Crippen LogP contribution in [0.1, 0.15) is 5.69 Å². The number of ether oxygens (including phenoxy) is 2. The molecule has 0 radical (unpaired) electrons. The number of benzene rings is 1. The fourth-order valence-electron chi connectivity index (χ4n) is 3.11. The lowest BCUT2D eigenvalue weighted by Crippen LogP contribution is -2.35. The van der Waals surface area contributed by atoms with E-state index in [2.05, 4.69) is 15.5 Å². The molecule has 0 saturated heterocycles. The van der Waals surface area contributed by atoms with Crippen LogP contribution in [0, 0.1) is 6.92 Å². The van der Waals surface area contributed by atoms with Crippen LogP contribution in [-0.2, 0) is 0 Å². The lowest BCUT2D eigenvalue weighted by molar-refractivity contribution is 0.0996. The fraction of sp³-hybridized carbons (Fsp3) is 0.190. The largest absolute Gasteiger partial charge is 0.486 e. The van der Waals surface area contributed by atoms with Gasteiger partial charge in [-0.05, 0) is 30.5 Å². The number of fused-ring (bicyclic) bond motifs is 1. The maximum Gasteiger partial charge on any atom is 0.223 e. The lowest BCUT2D eigenvalue weighted by Gasteiger charge is -2.26. The Morgan fingerprint density at radius 2 is 2.07 bits per heavy atom. The molecule has 1 atom stereocenters. The molecule has 0 spiro atoms. The summed E-state index contributed by atoms with van der Waals surface area (Å²) in [6.45, 7) is 2.88. The van der Waals surface area contributed by atoms with Gasteiger partial charge in [-0.3, -0.25) is 0 Å². The second-order valence-electron chi connectivity index (χ2n) is 6.64. The summed E-state index contributed by atoms with van der Waals surface area (Å²) < 4.78 is 17.2. The van der Waals surface area contributed by atoms with Crippen LogP contribution in [0.25, 0.3) is 21.9 Å². The maximum atomic E-state index is 5.99. The second kappa shape index (κ2) is 7.56. The Hall–Kier alpha value is -3.39.